The lowest BCUT2D eigenvalue weighted by Gasteiger charge is -2.26. The minimum atomic E-state index is 0.647. The Labute approximate surface area is 170 Å². The number of benzene rings is 1. The average Bonchev–Trinajstić information content (AvgIpc) is 2.73. The van der Waals surface area contributed by atoms with Crippen LogP contribution in [0.4, 0.5) is 0 Å². The molecule has 0 unspecified atom stereocenters. The fourth-order valence-corrected chi connectivity index (χ4v) is 3.26. The molecular formula is C22H38N4O2. The van der Waals surface area contributed by atoms with E-state index in [2.05, 4.69) is 46.7 Å². The lowest BCUT2D eigenvalue weighted by Crippen LogP contribution is -2.38. The van der Waals surface area contributed by atoms with Crippen LogP contribution in [0.25, 0.3) is 0 Å². The summed E-state index contributed by atoms with van der Waals surface area (Å²) in [6, 6.07) is 8.90. The molecule has 28 heavy (non-hydrogen) atoms. The Morgan fingerprint density at radius 3 is 2.46 bits per heavy atom. The summed E-state index contributed by atoms with van der Waals surface area (Å²) >= 11 is 0. The van der Waals surface area contributed by atoms with Crippen molar-refractivity contribution in [2.75, 3.05) is 53.1 Å². The molecule has 0 aliphatic carbocycles. The number of ether oxygens (including phenoxy) is 2. The highest BCUT2D eigenvalue weighted by atomic mass is 16.5. The van der Waals surface area contributed by atoms with Gasteiger partial charge in [0.1, 0.15) is 0 Å². The largest absolute Gasteiger partial charge is 0.382 e. The van der Waals surface area contributed by atoms with Crippen LogP contribution >= 0.6 is 0 Å². The van der Waals surface area contributed by atoms with Gasteiger partial charge in [0.2, 0.25) is 0 Å². The molecule has 1 fully saturated rings. The number of nitrogens with one attached hydrogen (secondary N) is 2. The van der Waals surface area contributed by atoms with Crippen molar-refractivity contribution >= 4 is 5.96 Å². The Morgan fingerprint density at radius 1 is 1.00 bits per heavy atom. The van der Waals surface area contributed by atoms with E-state index in [9.17, 15) is 0 Å². The summed E-state index contributed by atoms with van der Waals surface area (Å²) in [4.78, 5) is 7.26. The second-order valence-corrected chi connectivity index (χ2v) is 7.23. The van der Waals surface area contributed by atoms with E-state index in [1.54, 1.807) is 7.11 Å². The van der Waals surface area contributed by atoms with Crippen molar-refractivity contribution in [2.45, 2.75) is 45.7 Å². The van der Waals surface area contributed by atoms with E-state index in [0.717, 1.165) is 38.6 Å². The zero-order chi connectivity index (χ0) is 19.9. The maximum atomic E-state index is 5.48. The Balaban J connectivity index is 1.71. The van der Waals surface area contributed by atoms with Crippen LogP contribution in [-0.2, 0) is 22.6 Å². The van der Waals surface area contributed by atoms with Crippen LogP contribution in [0.15, 0.2) is 29.3 Å². The lowest BCUT2D eigenvalue weighted by molar-refractivity contribution is 0.0698. The minimum Gasteiger partial charge on any atom is -0.382 e. The molecule has 0 amide bonds. The molecule has 6 nitrogen and oxygen atoms in total. The van der Waals surface area contributed by atoms with Crippen LogP contribution in [0.3, 0.4) is 0 Å². The van der Waals surface area contributed by atoms with Crippen LogP contribution < -0.4 is 10.6 Å². The van der Waals surface area contributed by atoms with Gasteiger partial charge in [0, 0.05) is 33.4 Å². The zero-order valence-corrected chi connectivity index (χ0v) is 17.7. The molecule has 1 aromatic carbocycles. The molecule has 0 radical (unpaired) electrons. The zero-order valence-electron chi connectivity index (χ0n) is 17.7. The van der Waals surface area contributed by atoms with E-state index < -0.39 is 0 Å². The highest BCUT2D eigenvalue weighted by Crippen LogP contribution is 2.14. The van der Waals surface area contributed by atoms with Crippen LogP contribution in [-0.4, -0.2) is 64.0 Å². The fraction of sp³-hybridized carbons (Fsp3) is 0.682. The fourth-order valence-electron chi connectivity index (χ4n) is 3.26. The van der Waals surface area contributed by atoms with E-state index in [0.29, 0.717) is 19.8 Å². The molecule has 1 aliphatic rings. The third-order valence-electron chi connectivity index (χ3n) is 4.83. The maximum absolute atomic E-state index is 5.48. The van der Waals surface area contributed by atoms with Gasteiger partial charge in [0.15, 0.2) is 5.96 Å². The first-order valence-corrected chi connectivity index (χ1v) is 10.7. The van der Waals surface area contributed by atoms with E-state index >= 15 is 0 Å². The van der Waals surface area contributed by atoms with Crippen molar-refractivity contribution in [1.82, 2.24) is 15.5 Å². The number of piperidine rings is 1. The number of guanidine groups is 1. The van der Waals surface area contributed by atoms with Crippen LogP contribution in [0.1, 0.15) is 43.7 Å². The molecule has 1 aromatic rings. The van der Waals surface area contributed by atoms with Gasteiger partial charge < -0.3 is 20.1 Å². The van der Waals surface area contributed by atoms with Gasteiger partial charge in [-0.15, -0.1) is 0 Å². The maximum Gasteiger partial charge on any atom is 0.191 e. The van der Waals surface area contributed by atoms with Gasteiger partial charge in [0.05, 0.1) is 19.8 Å². The van der Waals surface area contributed by atoms with E-state index in [-0.39, 0.29) is 0 Å². The minimum absolute atomic E-state index is 0.647. The number of methoxy groups -OCH3 is 1. The highest BCUT2D eigenvalue weighted by Gasteiger charge is 2.10. The Bertz CT molecular complexity index is 542. The third kappa shape index (κ3) is 9.53. The summed E-state index contributed by atoms with van der Waals surface area (Å²) in [5, 5.41) is 6.67. The van der Waals surface area contributed by atoms with E-state index in [1.165, 1.54) is 43.5 Å². The standard InChI is InChI=1S/C22H38N4O2/c1-3-23-22(24-12-7-15-28-17-16-27-2)25-18-20-8-10-21(11-9-20)19-26-13-5-4-6-14-26/h8-11H,3-7,12-19H2,1-2H3,(H2,23,24,25). The number of hydrogen-bond acceptors (Lipinski definition) is 4. The van der Waals surface area contributed by atoms with Gasteiger partial charge in [-0.3, -0.25) is 4.90 Å². The van der Waals surface area contributed by atoms with E-state index in [4.69, 9.17) is 14.5 Å². The second-order valence-electron chi connectivity index (χ2n) is 7.23. The van der Waals surface area contributed by atoms with Crippen LogP contribution in [0.2, 0.25) is 0 Å². The summed E-state index contributed by atoms with van der Waals surface area (Å²) in [5.74, 6) is 0.858. The van der Waals surface area contributed by atoms with Crippen LogP contribution in [0, 0.1) is 0 Å². The quantitative estimate of drug-likeness (QED) is 0.327. The summed E-state index contributed by atoms with van der Waals surface area (Å²) in [5.41, 5.74) is 2.63. The van der Waals surface area contributed by atoms with Gasteiger partial charge in [-0.05, 0) is 50.4 Å². The molecule has 1 heterocycles. The molecule has 0 spiro atoms. The Hall–Kier alpha value is -1.63. The molecule has 2 rings (SSSR count). The van der Waals surface area contributed by atoms with Crippen molar-refractivity contribution in [2.24, 2.45) is 4.99 Å². The molecule has 0 bridgehead atoms. The summed E-state index contributed by atoms with van der Waals surface area (Å²) < 4.78 is 10.4. The molecule has 1 saturated heterocycles. The predicted octanol–water partition coefficient (Wildman–Crippen LogP) is 2.78. The molecule has 0 saturated carbocycles. The molecule has 158 valence electrons. The molecule has 2 N–H and O–H groups in total. The normalized spacial score (nSPS) is 15.6. The summed E-state index contributed by atoms with van der Waals surface area (Å²) in [6.07, 6.45) is 5.01. The van der Waals surface area contributed by atoms with E-state index in [1.807, 2.05) is 0 Å². The number of nitrogens with zero attached hydrogens (tertiary/aromatic N) is 2. The molecule has 0 aromatic heterocycles. The summed E-state index contributed by atoms with van der Waals surface area (Å²) in [7, 11) is 1.69. The number of aliphatic imine (C=N–C) groups is 1. The number of hydrogen-bond donors (Lipinski definition) is 2. The van der Waals surface area contributed by atoms with Crippen molar-refractivity contribution in [1.29, 1.82) is 0 Å². The Morgan fingerprint density at radius 2 is 1.75 bits per heavy atom. The van der Waals surface area contributed by atoms with Crippen molar-refractivity contribution in [3.63, 3.8) is 0 Å². The highest BCUT2D eigenvalue weighted by molar-refractivity contribution is 5.79. The van der Waals surface area contributed by atoms with Crippen molar-refractivity contribution < 1.29 is 9.47 Å². The number of rotatable bonds is 12. The van der Waals surface area contributed by atoms with Gasteiger partial charge in [-0.25, -0.2) is 4.99 Å². The molecule has 6 heteroatoms. The van der Waals surface area contributed by atoms with Crippen molar-refractivity contribution in [3.8, 4) is 0 Å². The molecular weight excluding hydrogens is 352 g/mol. The monoisotopic (exact) mass is 390 g/mol. The Kier molecular flexibility index (Phi) is 11.6. The van der Waals surface area contributed by atoms with Crippen molar-refractivity contribution in [3.05, 3.63) is 35.4 Å². The van der Waals surface area contributed by atoms with Gasteiger partial charge in [0.25, 0.3) is 0 Å². The smallest absolute Gasteiger partial charge is 0.191 e. The van der Waals surface area contributed by atoms with Gasteiger partial charge >= 0.3 is 0 Å². The predicted molar refractivity (Wildman–Crippen MR) is 116 cm³/mol. The summed E-state index contributed by atoms with van der Waals surface area (Å²) in [6.45, 7) is 10.0. The first-order chi connectivity index (χ1) is 13.8. The van der Waals surface area contributed by atoms with Gasteiger partial charge in [-0.1, -0.05) is 30.7 Å². The molecule has 1 aliphatic heterocycles. The van der Waals surface area contributed by atoms with Gasteiger partial charge in [-0.2, -0.15) is 0 Å². The first kappa shape index (κ1) is 22.7. The molecule has 0 atom stereocenters. The van der Waals surface area contributed by atoms with Crippen LogP contribution in [0.5, 0.6) is 0 Å². The second kappa shape index (κ2) is 14.4. The SMILES string of the molecule is CCNC(=NCc1ccc(CN2CCCCC2)cc1)NCCCOCCOC. The average molecular weight is 391 g/mol. The number of likely N-dealkylation sites (tertiary alicyclic amines) is 1. The lowest BCUT2D eigenvalue weighted by atomic mass is 10.1. The topological polar surface area (TPSA) is 58.1 Å². The third-order valence-corrected chi connectivity index (χ3v) is 4.83. The first-order valence-electron chi connectivity index (χ1n) is 10.7.